The molecule has 3 heteroatoms. The van der Waals surface area contributed by atoms with E-state index in [1.165, 1.54) is 44.6 Å². The maximum Gasteiger partial charge on any atom is 0.131 e. The summed E-state index contributed by atoms with van der Waals surface area (Å²) in [5, 5.41) is 12.8. The van der Waals surface area contributed by atoms with Gasteiger partial charge >= 0.3 is 0 Å². The minimum Gasteiger partial charge on any atom is -0.508 e. The highest BCUT2D eigenvalue weighted by molar-refractivity contribution is 5.29. The molecule has 2 atom stereocenters. The van der Waals surface area contributed by atoms with Gasteiger partial charge in [-0.05, 0) is 38.7 Å². The zero-order chi connectivity index (χ0) is 14.5. The number of rotatable bonds is 4. The van der Waals surface area contributed by atoms with Crippen molar-refractivity contribution < 1.29 is 9.50 Å². The second-order valence-electron chi connectivity index (χ2n) is 6.13. The molecule has 1 aliphatic carbocycles. The first-order chi connectivity index (χ1) is 9.58. The zero-order valence-electron chi connectivity index (χ0n) is 12.5. The molecule has 1 unspecified atom stereocenters. The third kappa shape index (κ3) is 3.95. The average molecular weight is 279 g/mol. The lowest BCUT2D eigenvalue weighted by Crippen LogP contribution is -2.35. The number of benzene rings is 1. The molecule has 1 aromatic rings. The maximum atomic E-state index is 13.9. The highest BCUT2D eigenvalue weighted by Crippen LogP contribution is 2.28. The first kappa shape index (κ1) is 15.3. The van der Waals surface area contributed by atoms with Crippen LogP contribution in [0.2, 0.25) is 0 Å². The fourth-order valence-electron chi connectivity index (χ4n) is 3.30. The summed E-state index contributed by atoms with van der Waals surface area (Å²) in [4.78, 5) is 0. The van der Waals surface area contributed by atoms with Crippen molar-refractivity contribution in [3.8, 4) is 5.75 Å². The fraction of sp³-hybridized carbons (Fsp3) is 0.647. The third-order valence-corrected chi connectivity index (χ3v) is 4.57. The molecule has 0 spiro atoms. The zero-order valence-corrected chi connectivity index (χ0v) is 12.5. The van der Waals surface area contributed by atoms with Crippen LogP contribution in [0.25, 0.3) is 0 Å². The monoisotopic (exact) mass is 279 g/mol. The van der Waals surface area contributed by atoms with Gasteiger partial charge in [0.1, 0.15) is 11.6 Å². The van der Waals surface area contributed by atoms with Crippen LogP contribution in [0, 0.1) is 11.7 Å². The lowest BCUT2D eigenvalue weighted by atomic mass is 9.92. The van der Waals surface area contributed by atoms with Crippen LogP contribution in [0.1, 0.15) is 64.0 Å². The number of aromatic hydroxyl groups is 1. The van der Waals surface area contributed by atoms with E-state index in [1.807, 2.05) is 6.92 Å². The Labute approximate surface area is 121 Å². The molecule has 0 saturated heterocycles. The first-order valence-corrected chi connectivity index (χ1v) is 7.82. The molecule has 1 fully saturated rings. The Hall–Kier alpha value is -1.09. The van der Waals surface area contributed by atoms with Crippen molar-refractivity contribution in [2.75, 3.05) is 0 Å². The van der Waals surface area contributed by atoms with E-state index in [1.54, 1.807) is 12.1 Å². The SMILES string of the molecule is CC(N[C@@H](C)C1CCCCCC1)c1ccc(O)cc1F. The molecular weight excluding hydrogens is 253 g/mol. The topological polar surface area (TPSA) is 32.3 Å². The molecule has 2 nitrogen and oxygen atoms in total. The predicted molar refractivity (Wildman–Crippen MR) is 80.3 cm³/mol. The minimum atomic E-state index is -0.335. The van der Waals surface area contributed by atoms with E-state index < -0.39 is 0 Å². The summed E-state index contributed by atoms with van der Waals surface area (Å²) in [6.45, 7) is 4.20. The van der Waals surface area contributed by atoms with E-state index in [0.717, 1.165) is 0 Å². The number of hydrogen-bond donors (Lipinski definition) is 2. The molecule has 20 heavy (non-hydrogen) atoms. The van der Waals surface area contributed by atoms with Crippen molar-refractivity contribution >= 4 is 0 Å². The Balaban J connectivity index is 1.97. The van der Waals surface area contributed by atoms with Crippen LogP contribution >= 0.6 is 0 Å². The second-order valence-corrected chi connectivity index (χ2v) is 6.13. The Morgan fingerprint density at radius 2 is 1.80 bits per heavy atom. The summed E-state index contributed by atoms with van der Waals surface area (Å²) in [5.41, 5.74) is 0.628. The van der Waals surface area contributed by atoms with Gasteiger partial charge in [-0.15, -0.1) is 0 Å². The fourth-order valence-corrected chi connectivity index (χ4v) is 3.30. The van der Waals surface area contributed by atoms with E-state index in [4.69, 9.17) is 0 Å². The lowest BCUT2D eigenvalue weighted by Gasteiger charge is -2.27. The smallest absolute Gasteiger partial charge is 0.131 e. The van der Waals surface area contributed by atoms with Crippen LogP contribution in [0.4, 0.5) is 4.39 Å². The van der Waals surface area contributed by atoms with Gasteiger partial charge in [-0.3, -0.25) is 0 Å². The van der Waals surface area contributed by atoms with Crippen molar-refractivity contribution in [3.63, 3.8) is 0 Å². The van der Waals surface area contributed by atoms with Crippen molar-refractivity contribution in [3.05, 3.63) is 29.6 Å². The molecule has 1 saturated carbocycles. The number of halogens is 1. The molecule has 112 valence electrons. The van der Waals surface area contributed by atoms with Crippen molar-refractivity contribution in [2.24, 2.45) is 5.92 Å². The molecule has 0 aliphatic heterocycles. The highest BCUT2D eigenvalue weighted by Gasteiger charge is 2.21. The second kappa shape index (κ2) is 7.07. The number of hydrogen-bond acceptors (Lipinski definition) is 2. The van der Waals surface area contributed by atoms with Crippen LogP contribution in [-0.2, 0) is 0 Å². The molecule has 1 aromatic carbocycles. The first-order valence-electron chi connectivity index (χ1n) is 7.82. The standard InChI is InChI=1S/C17H26FNO/c1-12(14-7-5-3-4-6-8-14)19-13(2)16-10-9-15(20)11-17(16)18/h9-14,19-20H,3-8H2,1-2H3/t12-,13?/m0/s1. The van der Waals surface area contributed by atoms with Crippen molar-refractivity contribution in [1.82, 2.24) is 5.32 Å². The van der Waals surface area contributed by atoms with Gasteiger partial charge in [0.15, 0.2) is 0 Å². The maximum absolute atomic E-state index is 13.9. The van der Waals surface area contributed by atoms with Gasteiger partial charge in [-0.25, -0.2) is 4.39 Å². The summed E-state index contributed by atoms with van der Waals surface area (Å²) in [7, 11) is 0. The quantitative estimate of drug-likeness (QED) is 0.793. The van der Waals surface area contributed by atoms with Gasteiger partial charge in [-0.2, -0.15) is 0 Å². The van der Waals surface area contributed by atoms with E-state index >= 15 is 0 Å². The highest BCUT2D eigenvalue weighted by atomic mass is 19.1. The Morgan fingerprint density at radius 3 is 2.40 bits per heavy atom. The lowest BCUT2D eigenvalue weighted by molar-refractivity contribution is 0.314. The van der Waals surface area contributed by atoms with E-state index in [-0.39, 0.29) is 17.6 Å². The summed E-state index contributed by atoms with van der Waals surface area (Å²) >= 11 is 0. The largest absolute Gasteiger partial charge is 0.508 e. The normalized spacial score (nSPS) is 20.4. The van der Waals surface area contributed by atoms with Crippen LogP contribution < -0.4 is 5.32 Å². The molecule has 0 heterocycles. The molecule has 1 aliphatic rings. The number of nitrogens with one attached hydrogen (secondary N) is 1. The van der Waals surface area contributed by atoms with E-state index in [2.05, 4.69) is 12.2 Å². The Bertz CT molecular complexity index is 427. The Kier molecular flexibility index (Phi) is 5.41. The third-order valence-electron chi connectivity index (χ3n) is 4.57. The van der Waals surface area contributed by atoms with Crippen LogP contribution in [0.5, 0.6) is 5.75 Å². The summed E-state index contributed by atoms with van der Waals surface area (Å²) in [6, 6.07) is 4.77. The number of phenols is 1. The molecule has 0 amide bonds. The minimum absolute atomic E-state index is 0.0183. The van der Waals surface area contributed by atoms with Gasteiger partial charge in [0.05, 0.1) is 0 Å². The summed E-state index contributed by atoms with van der Waals surface area (Å²) < 4.78 is 13.9. The molecule has 0 radical (unpaired) electrons. The summed E-state index contributed by atoms with van der Waals surface area (Å²) in [5.74, 6) is 0.341. The van der Waals surface area contributed by atoms with Crippen LogP contribution in [-0.4, -0.2) is 11.1 Å². The van der Waals surface area contributed by atoms with Gasteiger partial charge in [0.25, 0.3) is 0 Å². The van der Waals surface area contributed by atoms with Gasteiger partial charge in [0.2, 0.25) is 0 Å². The van der Waals surface area contributed by atoms with Gasteiger partial charge in [-0.1, -0.05) is 31.7 Å². The molecule has 0 bridgehead atoms. The van der Waals surface area contributed by atoms with Crippen molar-refractivity contribution in [1.29, 1.82) is 0 Å². The molecule has 2 rings (SSSR count). The van der Waals surface area contributed by atoms with Gasteiger partial charge < -0.3 is 10.4 Å². The number of phenolic OH excluding ortho intramolecular Hbond substituents is 1. The molecule has 0 aromatic heterocycles. The Morgan fingerprint density at radius 1 is 1.15 bits per heavy atom. The molecule has 2 N–H and O–H groups in total. The van der Waals surface area contributed by atoms with Gasteiger partial charge in [0, 0.05) is 23.7 Å². The summed E-state index contributed by atoms with van der Waals surface area (Å²) in [6.07, 6.45) is 7.89. The average Bonchev–Trinajstić information content (AvgIpc) is 2.67. The molecular formula is C17H26FNO. The predicted octanol–water partition coefficient (Wildman–Crippen LogP) is 4.54. The van der Waals surface area contributed by atoms with E-state index in [0.29, 0.717) is 17.5 Å². The van der Waals surface area contributed by atoms with Crippen LogP contribution in [0.3, 0.4) is 0 Å². The van der Waals surface area contributed by atoms with E-state index in [9.17, 15) is 9.50 Å². The van der Waals surface area contributed by atoms with Crippen LogP contribution in [0.15, 0.2) is 18.2 Å². The van der Waals surface area contributed by atoms with Crippen molar-refractivity contribution in [2.45, 2.75) is 64.5 Å².